The van der Waals surface area contributed by atoms with Gasteiger partial charge >= 0.3 is 0 Å². The van der Waals surface area contributed by atoms with Crippen molar-refractivity contribution in [2.24, 2.45) is 0 Å². The lowest BCUT2D eigenvalue weighted by Gasteiger charge is -2.39. The number of nitro groups is 1. The molecule has 1 heterocycles. The molecule has 27 heavy (non-hydrogen) atoms. The van der Waals surface area contributed by atoms with Crippen LogP contribution in [0.1, 0.15) is 18.4 Å². The summed E-state index contributed by atoms with van der Waals surface area (Å²) < 4.78 is 11.3. The summed E-state index contributed by atoms with van der Waals surface area (Å²) in [5.41, 5.74) is 0.303. The van der Waals surface area contributed by atoms with Gasteiger partial charge in [0.15, 0.2) is 0 Å². The van der Waals surface area contributed by atoms with E-state index in [-0.39, 0.29) is 10.6 Å². The molecular formula is C19H21BrN2O5. The van der Waals surface area contributed by atoms with Gasteiger partial charge in [-0.15, -0.1) is 0 Å². The Bertz CT molecular complexity index is 828. The highest BCUT2D eigenvalue weighted by Gasteiger charge is 2.36. The summed E-state index contributed by atoms with van der Waals surface area (Å²) in [6.45, 7) is 0.997. The van der Waals surface area contributed by atoms with Crippen molar-refractivity contribution in [3.05, 3.63) is 56.5 Å². The Morgan fingerprint density at radius 1 is 1.11 bits per heavy atom. The summed E-state index contributed by atoms with van der Waals surface area (Å²) >= 11 is 3.28. The standard InChI is InChI=1S/C19H21BrN2O5/c1-26-15-9-13(10-16(12-15)27-2)19(23)5-7-21(8-6-19)17-4-3-14(20)11-18(17)22(24)25/h3-4,9-12,23H,5-8H2,1-2H3. The van der Waals surface area contributed by atoms with E-state index in [4.69, 9.17) is 9.47 Å². The van der Waals surface area contributed by atoms with Crippen LogP contribution < -0.4 is 14.4 Å². The molecule has 1 aliphatic heterocycles. The van der Waals surface area contributed by atoms with Crippen LogP contribution in [0.25, 0.3) is 0 Å². The third-order valence-electron chi connectivity index (χ3n) is 4.95. The van der Waals surface area contributed by atoms with E-state index >= 15 is 0 Å². The Morgan fingerprint density at radius 3 is 2.22 bits per heavy atom. The van der Waals surface area contributed by atoms with Crippen molar-refractivity contribution in [1.29, 1.82) is 0 Å². The van der Waals surface area contributed by atoms with Gasteiger partial charge < -0.3 is 19.5 Å². The van der Waals surface area contributed by atoms with Crippen molar-refractivity contribution >= 4 is 27.3 Å². The molecule has 7 nitrogen and oxygen atoms in total. The van der Waals surface area contributed by atoms with Gasteiger partial charge in [-0.25, -0.2) is 0 Å². The van der Waals surface area contributed by atoms with E-state index in [2.05, 4.69) is 15.9 Å². The SMILES string of the molecule is COc1cc(OC)cc(C2(O)CCN(c3ccc(Br)cc3[N+](=O)[O-])CC2)c1. The van der Waals surface area contributed by atoms with Gasteiger partial charge in [0, 0.05) is 29.7 Å². The molecule has 2 aromatic rings. The molecule has 0 spiro atoms. The summed E-state index contributed by atoms with van der Waals surface area (Å²) in [4.78, 5) is 12.9. The minimum absolute atomic E-state index is 0.0536. The van der Waals surface area contributed by atoms with E-state index in [1.54, 1.807) is 44.6 Å². The van der Waals surface area contributed by atoms with E-state index in [1.165, 1.54) is 6.07 Å². The fourth-order valence-corrected chi connectivity index (χ4v) is 3.74. The molecule has 3 rings (SSSR count). The molecule has 1 fully saturated rings. The van der Waals surface area contributed by atoms with Crippen LogP contribution in [0.2, 0.25) is 0 Å². The zero-order valence-corrected chi connectivity index (χ0v) is 16.7. The highest BCUT2D eigenvalue weighted by molar-refractivity contribution is 9.10. The van der Waals surface area contributed by atoms with Crippen LogP contribution in [0.4, 0.5) is 11.4 Å². The van der Waals surface area contributed by atoms with Crippen molar-refractivity contribution in [1.82, 2.24) is 0 Å². The molecule has 0 aliphatic carbocycles. The van der Waals surface area contributed by atoms with Gasteiger partial charge in [-0.1, -0.05) is 15.9 Å². The lowest BCUT2D eigenvalue weighted by Crippen LogP contribution is -2.42. The van der Waals surface area contributed by atoms with Crippen molar-refractivity contribution < 1.29 is 19.5 Å². The maximum absolute atomic E-state index is 11.4. The number of methoxy groups -OCH3 is 2. The van der Waals surface area contributed by atoms with Crippen LogP contribution in [0.3, 0.4) is 0 Å². The first-order chi connectivity index (χ1) is 12.9. The molecule has 0 unspecified atom stereocenters. The number of hydrogen-bond donors (Lipinski definition) is 1. The number of benzene rings is 2. The molecule has 144 valence electrons. The average molecular weight is 437 g/mol. The van der Waals surface area contributed by atoms with Gasteiger partial charge in [-0.05, 0) is 42.7 Å². The summed E-state index contributed by atoms with van der Waals surface area (Å²) in [6, 6.07) is 10.4. The number of rotatable bonds is 5. The van der Waals surface area contributed by atoms with Gasteiger partial charge in [0.2, 0.25) is 0 Å². The highest BCUT2D eigenvalue weighted by atomic mass is 79.9. The van der Waals surface area contributed by atoms with Gasteiger partial charge in [0.25, 0.3) is 5.69 Å². The van der Waals surface area contributed by atoms with Crippen molar-refractivity contribution in [3.8, 4) is 11.5 Å². The number of piperidine rings is 1. The van der Waals surface area contributed by atoms with Crippen LogP contribution in [-0.2, 0) is 5.60 Å². The number of ether oxygens (including phenoxy) is 2. The minimum Gasteiger partial charge on any atom is -0.497 e. The average Bonchev–Trinajstić information content (AvgIpc) is 2.68. The van der Waals surface area contributed by atoms with Gasteiger partial charge in [-0.2, -0.15) is 0 Å². The molecule has 1 N–H and O–H groups in total. The number of aliphatic hydroxyl groups is 1. The molecule has 0 bridgehead atoms. The van der Waals surface area contributed by atoms with E-state index in [0.29, 0.717) is 47.6 Å². The summed E-state index contributed by atoms with van der Waals surface area (Å²) in [7, 11) is 3.13. The number of halogens is 1. The molecule has 0 amide bonds. The van der Waals surface area contributed by atoms with Crippen molar-refractivity contribution in [2.45, 2.75) is 18.4 Å². The lowest BCUT2D eigenvalue weighted by atomic mass is 9.84. The number of hydrogen-bond acceptors (Lipinski definition) is 6. The second kappa shape index (κ2) is 7.74. The summed E-state index contributed by atoms with van der Waals surface area (Å²) in [5, 5.41) is 22.6. The van der Waals surface area contributed by atoms with Crippen LogP contribution in [-0.4, -0.2) is 37.3 Å². The van der Waals surface area contributed by atoms with Crippen molar-refractivity contribution in [2.75, 3.05) is 32.2 Å². The number of nitrogens with zero attached hydrogens (tertiary/aromatic N) is 2. The lowest BCUT2D eigenvalue weighted by molar-refractivity contribution is -0.384. The zero-order valence-electron chi connectivity index (χ0n) is 15.1. The summed E-state index contributed by atoms with van der Waals surface area (Å²) in [5.74, 6) is 1.23. The topological polar surface area (TPSA) is 85.1 Å². The minimum atomic E-state index is -1.04. The maximum atomic E-state index is 11.4. The first kappa shape index (κ1) is 19.4. The fourth-order valence-electron chi connectivity index (χ4n) is 3.39. The normalized spacial score (nSPS) is 16.1. The van der Waals surface area contributed by atoms with Crippen LogP contribution in [0, 0.1) is 10.1 Å². The van der Waals surface area contributed by atoms with E-state index < -0.39 is 5.60 Å². The van der Waals surface area contributed by atoms with Crippen molar-refractivity contribution in [3.63, 3.8) is 0 Å². The van der Waals surface area contributed by atoms with Crippen LogP contribution in [0.15, 0.2) is 40.9 Å². The monoisotopic (exact) mass is 436 g/mol. The first-order valence-electron chi connectivity index (χ1n) is 8.51. The Kier molecular flexibility index (Phi) is 5.57. The van der Waals surface area contributed by atoms with Gasteiger partial charge in [0.1, 0.15) is 17.2 Å². The van der Waals surface area contributed by atoms with Gasteiger partial charge in [0.05, 0.1) is 24.7 Å². The molecule has 1 saturated heterocycles. The molecule has 0 atom stereocenters. The second-order valence-electron chi connectivity index (χ2n) is 6.51. The Balaban J connectivity index is 1.84. The highest BCUT2D eigenvalue weighted by Crippen LogP contribution is 2.40. The first-order valence-corrected chi connectivity index (χ1v) is 9.30. The van der Waals surface area contributed by atoms with E-state index in [1.807, 2.05) is 4.90 Å². The quantitative estimate of drug-likeness (QED) is 0.565. The zero-order chi connectivity index (χ0) is 19.6. The largest absolute Gasteiger partial charge is 0.497 e. The molecule has 0 aromatic heterocycles. The predicted molar refractivity (Wildman–Crippen MR) is 106 cm³/mol. The second-order valence-corrected chi connectivity index (χ2v) is 7.43. The smallest absolute Gasteiger partial charge is 0.293 e. The number of nitro benzene ring substituents is 1. The van der Waals surface area contributed by atoms with Crippen LogP contribution in [0.5, 0.6) is 11.5 Å². The fraction of sp³-hybridized carbons (Fsp3) is 0.368. The Morgan fingerprint density at radius 2 is 1.70 bits per heavy atom. The van der Waals surface area contributed by atoms with E-state index in [0.717, 1.165) is 5.56 Å². The molecular weight excluding hydrogens is 416 g/mol. The number of anilines is 1. The molecule has 0 radical (unpaired) electrons. The van der Waals surface area contributed by atoms with E-state index in [9.17, 15) is 15.2 Å². The summed E-state index contributed by atoms with van der Waals surface area (Å²) in [6.07, 6.45) is 0.882. The predicted octanol–water partition coefficient (Wildman–Crippen LogP) is 3.86. The van der Waals surface area contributed by atoms with Crippen LogP contribution >= 0.6 is 15.9 Å². The third-order valence-corrected chi connectivity index (χ3v) is 5.45. The molecule has 1 aliphatic rings. The molecule has 2 aromatic carbocycles. The Labute approximate surface area is 165 Å². The Hall–Kier alpha value is -2.32. The maximum Gasteiger partial charge on any atom is 0.293 e. The van der Waals surface area contributed by atoms with Gasteiger partial charge in [-0.3, -0.25) is 10.1 Å². The molecule has 0 saturated carbocycles. The molecule has 8 heteroatoms. The third kappa shape index (κ3) is 4.01.